The summed E-state index contributed by atoms with van der Waals surface area (Å²) in [7, 11) is 0. The second kappa shape index (κ2) is 3.54. The highest BCUT2D eigenvalue weighted by molar-refractivity contribution is 7.79. The van der Waals surface area contributed by atoms with Crippen LogP contribution in [0.4, 0.5) is 0 Å². The number of benzene rings is 1. The monoisotopic (exact) mass is 210 g/mol. The van der Waals surface area contributed by atoms with Crippen LogP contribution in [-0.2, 0) is 11.1 Å². The van der Waals surface area contributed by atoms with Gasteiger partial charge in [-0.3, -0.25) is 0 Å². The van der Waals surface area contributed by atoms with Crippen LogP contribution >= 0.6 is 23.2 Å². The summed E-state index contributed by atoms with van der Waals surface area (Å²) in [4.78, 5) is 0.138. The van der Waals surface area contributed by atoms with Crippen LogP contribution in [0.3, 0.4) is 0 Å². The van der Waals surface area contributed by atoms with Gasteiger partial charge in [0.2, 0.25) is 0 Å². The molecule has 0 saturated heterocycles. The Morgan fingerprint density at radius 3 is 2.45 bits per heavy atom. The van der Waals surface area contributed by atoms with Gasteiger partial charge in [-0.25, -0.2) is 4.21 Å². The molecule has 1 atom stereocenters. The smallest absolute Gasteiger partial charge is 0.188 e. The zero-order valence-corrected chi connectivity index (χ0v) is 7.58. The molecule has 2 nitrogen and oxygen atoms in total. The van der Waals surface area contributed by atoms with E-state index in [1.165, 1.54) is 12.1 Å². The van der Waals surface area contributed by atoms with Crippen molar-refractivity contribution in [3.05, 3.63) is 28.2 Å². The van der Waals surface area contributed by atoms with Crippen molar-refractivity contribution in [1.82, 2.24) is 0 Å². The molecule has 0 saturated carbocycles. The minimum Gasteiger partial charge on any atom is -0.302 e. The molecule has 5 heteroatoms. The van der Waals surface area contributed by atoms with E-state index in [9.17, 15) is 4.21 Å². The standard InChI is InChI=1S/C6H4Cl2O2S/c7-4-1-2-5(8)6(3-4)11(9)10/h1-3H,(H,9,10). The van der Waals surface area contributed by atoms with Crippen LogP contribution < -0.4 is 0 Å². The Labute approximate surface area is 76.4 Å². The molecular weight excluding hydrogens is 207 g/mol. The summed E-state index contributed by atoms with van der Waals surface area (Å²) >= 11 is 9.07. The Hall–Kier alpha value is -0.0900. The van der Waals surface area contributed by atoms with Gasteiger partial charge in [0.15, 0.2) is 11.1 Å². The molecule has 0 aliphatic rings. The van der Waals surface area contributed by atoms with E-state index in [0.717, 1.165) is 0 Å². The van der Waals surface area contributed by atoms with Gasteiger partial charge in [-0.05, 0) is 18.2 Å². The summed E-state index contributed by atoms with van der Waals surface area (Å²) in [5.74, 6) is 0. The molecule has 0 spiro atoms. The SMILES string of the molecule is O=S(O)c1cc(Cl)ccc1Cl. The van der Waals surface area contributed by atoms with Crippen LogP contribution in [0.25, 0.3) is 0 Å². The van der Waals surface area contributed by atoms with Gasteiger partial charge >= 0.3 is 0 Å². The predicted octanol–water partition coefficient (Wildman–Crippen LogP) is 2.57. The van der Waals surface area contributed by atoms with Gasteiger partial charge in [-0.1, -0.05) is 23.2 Å². The van der Waals surface area contributed by atoms with Crippen LogP contribution in [0, 0.1) is 0 Å². The molecule has 0 bridgehead atoms. The third-order valence-electron chi connectivity index (χ3n) is 1.08. The van der Waals surface area contributed by atoms with Crippen LogP contribution in [0.5, 0.6) is 0 Å². The van der Waals surface area contributed by atoms with E-state index in [-0.39, 0.29) is 9.92 Å². The van der Waals surface area contributed by atoms with Gasteiger partial charge in [0, 0.05) is 5.02 Å². The van der Waals surface area contributed by atoms with Crippen molar-refractivity contribution in [3.63, 3.8) is 0 Å². The van der Waals surface area contributed by atoms with E-state index < -0.39 is 11.1 Å². The van der Waals surface area contributed by atoms with Crippen LogP contribution in [-0.4, -0.2) is 8.76 Å². The Morgan fingerprint density at radius 1 is 1.36 bits per heavy atom. The maximum atomic E-state index is 10.5. The molecule has 1 unspecified atom stereocenters. The second-order valence-corrected chi connectivity index (χ2v) is 3.61. The molecule has 0 fully saturated rings. The second-order valence-electron chi connectivity index (χ2n) is 1.82. The van der Waals surface area contributed by atoms with Crippen molar-refractivity contribution in [2.45, 2.75) is 4.90 Å². The van der Waals surface area contributed by atoms with Crippen LogP contribution in [0.2, 0.25) is 10.0 Å². The Kier molecular flexibility index (Phi) is 2.90. The lowest BCUT2D eigenvalue weighted by Crippen LogP contribution is -1.88. The predicted molar refractivity (Wildman–Crippen MR) is 45.5 cm³/mol. The number of hydrogen-bond donors (Lipinski definition) is 1. The summed E-state index contributed by atoms with van der Waals surface area (Å²) in [6.07, 6.45) is 0. The van der Waals surface area contributed by atoms with Gasteiger partial charge in [0.1, 0.15) is 0 Å². The minimum absolute atomic E-state index is 0.138. The Morgan fingerprint density at radius 2 is 2.00 bits per heavy atom. The summed E-state index contributed by atoms with van der Waals surface area (Å²) in [5, 5.41) is 0.641. The first-order valence-corrected chi connectivity index (χ1v) is 4.53. The fourth-order valence-corrected chi connectivity index (χ4v) is 1.63. The van der Waals surface area contributed by atoms with Gasteiger partial charge in [-0.2, -0.15) is 0 Å². The van der Waals surface area contributed by atoms with Gasteiger partial charge in [-0.15, -0.1) is 0 Å². The molecule has 0 aliphatic heterocycles. The average Bonchev–Trinajstić information content (AvgIpc) is 1.94. The van der Waals surface area contributed by atoms with Crippen molar-refractivity contribution in [2.24, 2.45) is 0 Å². The van der Waals surface area contributed by atoms with E-state index >= 15 is 0 Å². The zero-order valence-electron chi connectivity index (χ0n) is 5.25. The molecule has 1 N–H and O–H groups in total. The van der Waals surface area contributed by atoms with Crippen molar-refractivity contribution in [2.75, 3.05) is 0 Å². The van der Waals surface area contributed by atoms with Crippen molar-refractivity contribution < 1.29 is 8.76 Å². The molecule has 0 amide bonds. The summed E-state index contributed by atoms with van der Waals surface area (Å²) in [6, 6.07) is 4.40. The highest BCUT2D eigenvalue weighted by Gasteiger charge is 2.05. The largest absolute Gasteiger partial charge is 0.302 e. The van der Waals surface area contributed by atoms with Crippen LogP contribution in [0.15, 0.2) is 23.1 Å². The molecule has 1 rings (SSSR count). The minimum atomic E-state index is -2.07. The average molecular weight is 211 g/mol. The van der Waals surface area contributed by atoms with Gasteiger partial charge in [0.05, 0.1) is 9.92 Å². The van der Waals surface area contributed by atoms with Gasteiger partial charge in [0.25, 0.3) is 0 Å². The van der Waals surface area contributed by atoms with E-state index in [1.54, 1.807) is 6.07 Å². The number of hydrogen-bond acceptors (Lipinski definition) is 1. The molecule has 11 heavy (non-hydrogen) atoms. The molecule has 60 valence electrons. The molecular formula is C6H4Cl2O2S. The highest BCUT2D eigenvalue weighted by atomic mass is 35.5. The van der Waals surface area contributed by atoms with E-state index in [4.69, 9.17) is 27.8 Å². The highest BCUT2D eigenvalue weighted by Crippen LogP contribution is 2.22. The first-order chi connectivity index (χ1) is 5.11. The lowest BCUT2D eigenvalue weighted by Gasteiger charge is -1.97. The number of rotatable bonds is 1. The fourth-order valence-electron chi connectivity index (χ4n) is 0.611. The first-order valence-electron chi connectivity index (χ1n) is 2.67. The maximum absolute atomic E-state index is 10.5. The third kappa shape index (κ3) is 2.17. The normalized spacial score (nSPS) is 13.0. The van der Waals surface area contributed by atoms with E-state index in [2.05, 4.69) is 0 Å². The summed E-state index contributed by atoms with van der Waals surface area (Å²) < 4.78 is 19.2. The van der Waals surface area contributed by atoms with E-state index in [0.29, 0.717) is 5.02 Å². The fraction of sp³-hybridized carbons (Fsp3) is 0. The lowest BCUT2D eigenvalue weighted by atomic mass is 10.4. The van der Waals surface area contributed by atoms with Crippen molar-refractivity contribution >= 4 is 34.3 Å². The quantitative estimate of drug-likeness (QED) is 0.724. The van der Waals surface area contributed by atoms with E-state index in [1.807, 2.05) is 0 Å². The zero-order chi connectivity index (χ0) is 8.43. The third-order valence-corrected chi connectivity index (χ3v) is 2.47. The summed E-state index contributed by atoms with van der Waals surface area (Å²) in [6.45, 7) is 0. The topological polar surface area (TPSA) is 37.3 Å². The van der Waals surface area contributed by atoms with Gasteiger partial charge < -0.3 is 4.55 Å². The Bertz CT molecular complexity index is 301. The Balaban J connectivity index is 3.23. The molecule has 1 aromatic rings. The molecule has 0 aliphatic carbocycles. The summed E-state index contributed by atoms with van der Waals surface area (Å²) in [5.41, 5.74) is 0. The molecule has 0 aromatic heterocycles. The van der Waals surface area contributed by atoms with Crippen LogP contribution in [0.1, 0.15) is 0 Å². The maximum Gasteiger partial charge on any atom is 0.188 e. The van der Waals surface area contributed by atoms with Crippen molar-refractivity contribution in [1.29, 1.82) is 0 Å². The lowest BCUT2D eigenvalue weighted by molar-refractivity contribution is 0.564. The van der Waals surface area contributed by atoms with Crippen molar-refractivity contribution in [3.8, 4) is 0 Å². The molecule has 0 radical (unpaired) electrons. The first kappa shape index (κ1) is 9.00. The molecule has 0 heterocycles. The number of halogens is 2. The molecule has 1 aromatic carbocycles.